The fraction of sp³-hybridized carbons (Fsp3) is 0.276. The zero-order valence-electron chi connectivity index (χ0n) is 20.8. The van der Waals surface area contributed by atoms with Crippen LogP contribution in [0.2, 0.25) is 0 Å². The van der Waals surface area contributed by atoms with Crippen molar-refractivity contribution in [2.75, 3.05) is 13.2 Å². The first-order valence-corrected chi connectivity index (χ1v) is 11.2. The number of aromatic hydroxyl groups is 1. The molecule has 2 rings (SSSR count). The molecule has 1 N–H and O–H groups in total. The summed E-state index contributed by atoms with van der Waals surface area (Å²) in [5.41, 5.74) is 4.16. The minimum Gasteiger partial charge on any atom is -0.507 e. The Balaban J connectivity index is 2.23. The van der Waals surface area contributed by atoms with E-state index in [0.29, 0.717) is 12.4 Å². The molecule has 0 fully saturated rings. The summed E-state index contributed by atoms with van der Waals surface area (Å²) >= 11 is 0. The number of ether oxygens (including phenoxy) is 3. The quantitative estimate of drug-likeness (QED) is 0.164. The standard InChI is InChI=1S/C29H34O5/c1-20(2)13-15-32-24-10-7-23(8-11-24)9-12-26(30)29-27(31)17-25(34-19-22(5)6)18-28(29)33-16-14-21(3)4/h7-14,17-19,31H,15-16H2,1-6H3/b12-9+. The number of phenolic OH excluding ortho intramolecular Hbond substituents is 1. The summed E-state index contributed by atoms with van der Waals surface area (Å²) in [6.07, 6.45) is 8.58. The molecule has 0 radical (unpaired) electrons. The number of carbonyl (C=O) groups is 1. The van der Waals surface area contributed by atoms with Gasteiger partial charge in [-0.05, 0) is 83.0 Å². The van der Waals surface area contributed by atoms with Crippen molar-refractivity contribution in [2.24, 2.45) is 0 Å². The van der Waals surface area contributed by atoms with E-state index in [0.717, 1.165) is 22.5 Å². The summed E-state index contributed by atoms with van der Waals surface area (Å²) in [6, 6.07) is 10.5. The van der Waals surface area contributed by atoms with Crippen LogP contribution in [0.3, 0.4) is 0 Å². The molecule has 0 heterocycles. The number of hydrogen-bond acceptors (Lipinski definition) is 5. The normalized spacial score (nSPS) is 10.4. The van der Waals surface area contributed by atoms with Crippen LogP contribution in [0.25, 0.3) is 6.08 Å². The molecular formula is C29H34O5. The van der Waals surface area contributed by atoms with Crippen LogP contribution < -0.4 is 14.2 Å². The third kappa shape index (κ3) is 9.02. The van der Waals surface area contributed by atoms with E-state index in [4.69, 9.17) is 14.2 Å². The zero-order chi connectivity index (χ0) is 25.1. The minimum atomic E-state index is -0.373. The molecular weight excluding hydrogens is 428 g/mol. The van der Waals surface area contributed by atoms with E-state index in [1.54, 1.807) is 18.4 Å². The second kappa shape index (κ2) is 13.1. The molecule has 0 aliphatic rings. The monoisotopic (exact) mass is 462 g/mol. The third-order valence-corrected chi connectivity index (χ3v) is 4.51. The van der Waals surface area contributed by atoms with Gasteiger partial charge in [0.2, 0.25) is 0 Å². The number of benzene rings is 2. The number of carbonyl (C=O) groups excluding carboxylic acids is 1. The van der Waals surface area contributed by atoms with Gasteiger partial charge in [0.05, 0.1) is 6.26 Å². The Hall–Kier alpha value is -3.73. The molecule has 0 saturated carbocycles. The van der Waals surface area contributed by atoms with Crippen LogP contribution in [0.1, 0.15) is 57.5 Å². The van der Waals surface area contributed by atoms with Crippen molar-refractivity contribution >= 4 is 11.9 Å². The van der Waals surface area contributed by atoms with E-state index in [1.165, 1.54) is 17.7 Å². The fourth-order valence-electron chi connectivity index (χ4n) is 2.72. The van der Waals surface area contributed by atoms with Gasteiger partial charge in [0.25, 0.3) is 0 Å². The van der Waals surface area contributed by atoms with Gasteiger partial charge in [-0.2, -0.15) is 0 Å². The van der Waals surface area contributed by atoms with E-state index in [2.05, 4.69) is 0 Å². The highest BCUT2D eigenvalue weighted by atomic mass is 16.5. The van der Waals surface area contributed by atoms with E-state index in [-0.39, 0.29) is 29.5 Å². The van der Waals surface area contributed by atoms with Gasteiger partial charge in [0, 0.05) is 12.1 Å². The summed E-state index contributed by atoms with van der Waals surface area (Å²) in [6.45, 7) is 12.5. The van der Waals surface area contributed by atoms with Crippen molar-refractivity contribution in [3.63, 3.8) is 0 Å². The number of ketones is 1. The molecule has 34 heavy (non-hydrogen) atoms. The average molecular weight is 463 g/mol. The van der Waals surface area contributed by atoms with Gasteiger partial charge >= 0.3 is 0 Å². The first-order valence-electron chi connectivity index (χ1n) is 11.2. The lowest BCUT2D eigenvalue weighted by molar-refractivity contribution is 0.104. The summed E-state index contributed by atoms with van der Waals surface area (Å²) < 4.78 is 17.0. The zero-order valence-corrected chi connectivity index (χ0v) is 20.8. The molecule has 0 aromatic heterocycles. The smallest absolute Gasteiger partial charge is 0.193 e. The first-order chi connectivity index (χ1) is 16.2. The Morgan fingerprint density at radius 3 is 2.03 bits per heavy atom. The van der Waals surface area contributed by atoms with Gasteiger partial charge in [0.1, 0.15) is 41.8 Å². The highest BCUT2D eigenvalue weighted by molar-refractivity contribution is 6.10. The van der Waals surface area contributed by atoms with Crippen molar-refractivity contribution < 1.29 is 24.1 Å². The maximum Gasteiger partial charge on any atom is 0.193 e. The van der Waals surface area contributed by atoms with E-state index in [9.17, 15) is 9.90 Å². The molecule has 0 aliphatic carbocycles. The van der Waals surface area contributed by atoms with E-state index >= 15 is 0 Å². The summed E-state index contributed by atoms with van der Waals surface area (Å²) in [5, 5.41) is 10.6. The molecule has 0 amide bonds. The van der Waals surface area contributed by atoms with Crippen molar-refractivity contribution in [1.29, 1.82) is 0 Å². The number of rotatable bonds is 11. The van der Waals surface area contributed by atoms with Crippen LogP contribution >= 0.6 is 0 Å². The van der Waals surface area contributed by atoms with E-state index < -0.39 is 0 Å². The fourth-order valence-corrected chi connectivity index (χ4v) is 2.72. The topological polar surface area (TPSA) is 65.0 Å². The maximum atomic E-state index is 13.0. The lowest BCUT2D eigenvalue weighted by atomic mass is 10.1. The molecule has 0 aliphatic heterocycles. The van der Waals surface area contributed by atoms with Crippen LogP contribution in [-0.4, -0.2) is 24.1 Å². The Morgan fingerprint density at radius 2 is 1.44 bits per heavy atom. The first kappa shape index (κ1) is 26.5. The SMILES string of the molecule is CC(C)=CCOc1ccc(/C=C/C(=O)c2c(O)cc(OC=C(C)C)cc2OCC=C(C)C)cc1. The molecule has 0 saturated heterocycles. The minimum absolute atomic E-state index is 0.0876. The lowest BCUT2D eigenvalue weighted by Gasteiger charge is -2.13. The summed E-state index contributed by atoms with van der Waals surface area (Å²) in [4.78, 5) is 13.0. The molecule has 2 aromatic carbocycles. The number of phenols is 1. The van der Waals surface area contributed by atoms with Gasteiger partial charge in [0.15, 0.2) is 5.78 Å². The summed E-state index contributed by atoms with van der Waals surface area (Å²) in [5.74, 6) is 0.815. The maximum absolute atomic E-state index is 13.0. The molecule has 5 heteroatoms. The largest absolute Gasteiger partial charge is 0.507 e. The molecule has 5 nitrogen and oxygen atoms in total. The van der Waals surface area contributed by atoms with Gasteiger partial charge in [-0.3, -0.25) is 4.79 Å². The molecule has 0 spiro atoms. The Kier molecular flexibility index (Phi) is 10.2. The van der Waals surface area contributed by atoms with Crippen molar-refractivity contribution in [3.05, 3.63) is 88.7 Å². The lowest BCUT2D eigenvalue weighted by Crippen LogP contribution is -2.04. The molecule has 0 unspecified atom stereocenters. The van der Waals surface area contributed by atoms with Gasteiger partial charge in [-0.25, -0.2) is 0 Å². The highest BCUT2D eigenvalue weighted by Gasteiger charge is 2.18. The van der Waals surface area contributed by atoms with Crippen LogP contribution in [0, 0.1) is 0 Å². The Morgan fingerprint density at radius 1 is 0.824 bits per heavy atom. The Labute approximate surface area is 202 Å². The summed E-state index contributed by atoms with van der Waals surface area (Å²) in [7, 11) is 0. The van der Waals surface area contributed by atoms with Crippen molar-refractivity contribution in [2.45, 2.75) is 41.5 Å². The highest BCUT2D eigenvalue weighted by Crippen LogP contribution is 2.34. The van der Waals surface area contributed by atoms with Crippen LogP contribution in [0.4, 0.5) is 0 Å². The predicted octanol–water partition coefficient (Wildman–Crippen LogP) is 7.28. The number of hydrogen-bond donors (Lipinski definition) is 1. The average Bonchev–Trinajstić information content (AvgIpc) is 2.76. The van der Waals surface area contributed by atoms with Gasteiger partial charge < -0.3 is 19.3 Å². The van der Waals surface area contributed by atoms with Crippen LogP contribution in [0.15, 0.2) is 77.6 Å². The van der Waals surface area contributed by atoms with E-state index in [1.807, 2.05) is 78.0 Å². The van der Waals surface area contributed by atoms with Crippen molar-refractivity contribution in [1.82, 2.24) is 0 Å². The van der Waals surface area contributed by atoms with Crippen LogP contribution in [0.5, 0.6) is 23.0 Å². The van der Waals surface area contributed by atoms with Gasteiger partial charge in [-0.1, -0.05) is 29.4 Å². The molecule has 0 bridgehead atoms. The molecule has 180 valence electrons. The van der Waals surface area contributed by atoms with Crippen LogP contribution in [-0.2, 0) is 0 Å². The number of allylic oxidation sites excluding steroid dienone is 4. The molecule has 2 aromatic rings. The third-order valence-electron chi connectivity index (χ3n) is 4.51. The second-order valence-electron chi connectivity index (χ2n) is 8.58. The van der Waals surface area contributed by atoms with Crippen molar-refractivity contribution in [3.8, 4) is 23.0 Å². The predicted molar refractivity (Wildman–Crippen MR) is 138 cm³/mol. The molecule has 0 atom stereocenters. The second-order valence-corrected chi connectivity index (χ2v) is 8.58. The van der Waals surface area contributed by atoms with Gasteiger partial charge in [-0.15, -0.1) is 0 Å². The Bertz CT molecular complexity index is 1090.